The van der Waals surface area contributed by atoms with Crippen LogP contribution in [0.15, 0.2) is 34.0 Å². The summed E-state index contributed by atoms with van der Waals surface area (Å²) < 4.78 is 2.29. The lowest BCUT2D eigenvalue weighted by atomic mass is 10.1. The van der Waals surface area contributed by atoms with Crippen molar-refractivity contribution >= 4 is 40.1 Å². The lowest BCUT2D eigenvalue weighted by Crippen LogP contribution is -2.38. The number of hydrogen-bond acceptors (Lipinski definition) is 4. The number of rotatable bonds is 3. The predicted molar refractivity (Wildman–Crippen MR) is 109 cm³/mol. The lowest BCUT2D eigenvalue weighted by molar-refractivity contribution is 0.0784. The predicted octanol–water partition coefficient (Wildman–Crippen LogP) is 2.52. The molecule has 3 rings (SSSR count). The molecule has 9 heteroatoms. The Morgan fingerprint density at radius 3 is 2.54 bits per heavy atom. The number of aryl methyl sites for hydroxylation is 2. The molecule has 1 aromatic carbocycles. The van der Waals surface area contributed by atoms with Crippen molar-refractivity contribution in [3.05, 3.63) is 72.0 Å². The highest BCUT2D eigenvalue weighted by Gasteiger charge is 2.21. The van der Waals surface area contributed by atoms with Gasteiger partial charge in [0.2, 0.25) is 0 Å². The second-order valence-electron chi connectivity index (χ2n) is 6.58. The first-order valence-corrected chi connectivity index (χ1v) is 9.14. The van der Waals surface area contributed by atoms with Crippen molar-refractivity contribution in [2.24, 2.45) is 14.1 Å². The number of nitrogens with zero attached hydrogens (tertiary/aromatic N) is 4. The molecule has 0 fully saturated rings. The minimum absolute atomic E-state index is 0.237. The van der Waals surface area contributed by atoms with Crippen molar-refractivity contribution < 1.29 is 4.79 Å². The Labute approximate surface area is 170 Å². The Morgan fingerprint density at radius 2 is 1.86 bits per heavy atom. The minimum Gasteiger partial charge on any atom is -0.337 e. The van der Waals surface area contributed by atoms with Crippen LogP contribution in [-0.2, 0) is 20.6 Å². The molecule has 3 aromatic rings. The van der Waals surface area contributed by atoms with Crippen molar-refractivity contribution in [1.29, 1.82) is 0 Å². The average Bonchev–Trinajstić information content (AvgIpc) is 2.67. The number of pyridine rings is 1. The van der Waals surface area contributed by atoms with Gasteiger partial charge in [0.25, 0.3) is 11.5 Å². The van der Waals surface area contributed by atoms with Crippen molar-refractivity contribution in [2.75, 3.05) is 7.05 Å². The van der Waals surface area contributed by atoms with Gasteiger partial charge in [0.1, 0.15) is 5.65 Å². The fourth-order valence-corrected chi connectivity index (χ4v) is 3.47. The number of carbonyl (C=O) groups is 1. The second-order valence-corrected chi connectivity index (χ2v) is 7.36. The van der Waals surface area contributed by atoms with Crippen LogP contribution in [0.25, 0.3) is 11.0 Å². The molecule has 0 saturated heterocycles. The fourth-order valence-electron chi connectivity index (χ4n) is 3.09. The number of amides is 1. The van der Waals surface area contributed by atoms with Gasteiger partial charge in [-0.15, -0.1) is 0 Å². The van der Waals surface area contributed by atoms with E-state index in [1.807, 2.05) is 0 Å². The largest absolute Gasteiger partial charge is 0.337 e. The molecule has 0 radical (unpaired) electrons. The Hall–Kier alpha value is -2.64. The summed E-state index contributed by atoms with van der Waals surface area (Å²) in [5.41, 5.74) is 0.728. The van der Waals surface area contributed by atoms with Crippen LogP contribution in [0.4, 0.5) is 0 Å². The Kier molecular flexibility index (Phi) is 5.32. The number of benzene rings is 1. The molecule has 0 saturated carbocycles. The molecule has 0 atom stereocenters. The van der Waals surface area contributed by atoms with Crippen LogP contribution in [0.5, 0.6) is 0 Å². The number of aromatic nitrogens is 3. The highest BCUT2D eigenvalue weighted by molar-refractivity contribution is 6.42. The van der Waals surface area contributed by atoms with Crippen LogP contribution in [0.3, 0.4) is 0 Å². The van der Waals surface area contributed by atoms with Gasteiger partial charge in [0.15, 0.2) is 0 Å². The zero-order valence-corrected chi connectivity index (χ0v) is 17.3. The zero-order chi connectivity index (χ0) is 20.7. The lowest BCUT2D eigenvalue weighted by Gasteiger charge is -2.20. The van der Waals surface area contributed by atoms with Crippen molar-refractivity contribution in [3.63, 3.8) is 0 Å². The average molecular weight is 421 g/mol. The van der Waals surface area contributed by atoms with Crippen LogP contribution in [-0.4, -0.2) is 32.0 Å². The molecule has 1 amide bonds. The zero-order valence-electron chi connectivity index (χ0n) is 15.8. The van der Waals surface area contributed by atoms with Crippen LogP contribution in [0.2, 0.25) is 10.0 Å². The first-order chi connectivity index (χ1) is 13.1. The maximum absolute atomic E-state index is 13.0. The van der Waals surface area contributed by atoms with Crippen molar-refractivity contribution in [2.45, 2.75) is 13.5 Å². The van der Waals surface area contributed by atoms with E-state index in [9.17, 15) is 14.4 Å². The molecule has 0 aliphatic rings. The molecule has 0 N–H and O–H groups in total. The van der Waals surface area contributed by atoms with E-state index < -0.39 is 11.2 Å². The third-order valence-corrected chi connectivity index (χ3v) is 5.60. The maximum atomic E-state index is 13.0. The molecule has 28 heavy (non-hydrogen) atoms. The smallest absolute Gasteiger partial charge is 0.332 e. The number of halogens is 2. The van der Waals surface area contributed by atoms with E-state index in [-0.39, 0.29) is 29.0 Å². The van der Waals surface area contributed by atoms with Crippen molar-refractivity contribution in [1.82, 2.24) is 19.0 Å². The van der Waals surface area contributed by atoms with Crippen LogP contribution >= 0.6 is 23.2 Å². The Balaban J connectivity index is 2.07. The van der Waals surface area contributed by atoms with E-state index in [2.05, 4.69) is 4.98 Å². The fraction of sp³-hybridized carbons (Fsp3) is 0.263. The first kappa shape index (κ1) is 20.1. The molecule has 146 valence electrons. The quantitative estimate of drug-likeness (QED) is 0.651. The molecule has 0 bridgehead atoms. The highest BCUT2D eigenvalue weighted by atomic mass is 35.5. The summed E-state index contributed by atoms with van der Waals surface area (Å²) in [6.45, 7) is 1.91. The van der Waals surface area contributed by atoms with E-state index in [0.29, 0.717) is 21.2 Å². The summed E-state index contributed by atoms with van der Waals surface area (Å²) in [4.78, 5) is 43.3. The van der Waals surface area contributed by atoms with Gasteiger partial charge in [-0.1, -0.05) is 35.3 Å². The topological polar surface area (TPSA) is 77.2 Å². The molecule has 2 heterocycles. The monoisotopic (exact) mass is 420 g/mol. The van der Waals surface area contributed by atoms with Gasteiger partial charge in [0, 0.05) is 33.9 Å². The normalized spacial score (nSPS) is 11.1. The Morgan fingerprint density at radius 1 is 1.18 bits per heavy atom. The van der Waals surface area contributed by atoms with Crippen molar-refractivity contribution in [3.8, 4) is 0 Å². The van der Waals surface area contributed by atoms with Crippen LogP contribution < -0.4 is 11.2 Å². The van der Waals surface area contributed by atoms with E-state index in [1.54, 1.807) is 32.2 Å². The van der Waals surface area contributed by atoms with Gasteiger partial charge in [-0.2, -0.15) is 0 Å². The van der Waals surface area contributed by atoms with E-state index in [1.165, 1.54) is 29.8 Å². The SMILES string of the molecule is Cc1c(C(=O)N(C)Cc2cccc(Cl)c2Cl)cnc2c1c(=O)n(C)c(=O)n2C. The van der Waals surface area contributed by atoms with Gasteiger partial charge in [-0.3, -0.25) is 18.7 Å². The van der Waals surface area contributed by atoms with Gasteiger partial charge in [-0.05, 0) is 24.1 Å². The third-order valence-electron chi connectivity index (χ3n) is 4.74. The number of carbonyl (C=O) groups excluding carboxylic acids is 1. The van der Waals surface area contributed by atoms with E-state index in [0.717, 1.165) is 4.57 Å². The third kappa shape index (κ3) is 3.21. The van der Waals surface area contributed by atoms with Crippen LogP contribution in [0.1, 0.15) is 21.5 Å². The second kappa shape index (κ2) is 7.41. The number of hydrogen-bond donors (Lipinski definition) is 0. The summed E-state index contributed by atoms with van der Waals surface area (Å²) in [7, 11) is 4.55. The summed E-state index contributed by atoms with van der Waals surface area (Å²) in [6.07, 6.45) is 1.38. The Bertz CT molecular complexity index is 1230. The van der Waals surface area contributed by atoms with Gasteiger partial charge >= 0.3 is 5.69 Å². The highest BCUT2D eigenvalue weighted by Crippen LogP contribution is 2.27. The standard InChI is InChI=1S/C19H18Cl2N4O3/c1-10-12(8-22-16-14(10)18(27)25(4)19(28)24(16)3)17(26)23(2)9-11-6-5-7-13(20)15(11)21/h5-8H,9H2,1-4H3. The molecule has 2 aromatic heterocycles. The summed E-state index contributed by atoms with van der Waals surface area (Å²) in [5.74, 6) is -0.321. The van der Waals surface area contributed by atoms with Crippen LogP contribution in [0, 0.1) is 6.92 Å². The maximum Gasteiger partial charge on any atom is 0.332 e. The molecule has 7 nitrogen and oxygen atoms in total. The molecular weight excluding hydrogens is 403 g/mol. The van der Waals surface area contributed by atoms with Gasteiger partial charge < -0.3 is 4.90 Å². The summed E-state index contributed by atoms with van der Waals surface area (Å²) in [5, 5.41) is 1.04. The molecule has 0 unspecified atom stereocenters. The van der Waals surface area contributed by atoms with Gasteiger partial charge in [0.05, 0.1) is 21.0 Å². The minimum atomic E-state index is -0.488. The molecule has 0 spiro atoms. The first-order valence-electron chi connectivity index (χ1n) is 8.38. The van der Waals surface area contributed by atoms with Gasteiger partial charge in [-0.25, -0.2) is 9.78 Å². The molecular formula is C19H18Cl2N4O3. The summed E-state index contributed by atoms with van der Waals surface area (Å²) in [6, 6.07) is 5.22. The van der Waals surface area contributed by atoms with E-state index >= 15 is 0 Å². The molecule has 0 aliphatic heterocycles. The summed E-state index contributed by atoms with van der Waals surface area (Å²) >= 11 is 12.2. The number of fused-ring (bicyclic) bond motifs is 1. The van der Waals surface area contributed by atoms with E-state index in [4.69, 9.17) is 23.2 Å². The molecule has 0 aliphatic carbocycles.